The van der Waals surface area contributed by atoms with E-state index in [0.717, 1.165) is 38.6 Å². The minimum absolute atomic E-state index is 0.0522. The van der Waals surface area contributed by atoms with Gasteiger partial charge < -0.3 is 4.74 Å². The number of carbonyl (C=O) groups is 1. The quantitative estimate of drug-likeness (QED) is 0.411. The molecule has 1 atom stereocenters. The Kier molecular flexibility index (Phi) is 10.7. The first kappa shape index (κ1) is 17.5. The molecule has 1 rings (SSSR count). The van der Waals surface area contributed by atoms with Crippen molar-refractivity contribution in [1.29, 1.82) is 0 Å². The van der Waals surface area contributed by atoms with E-state index in [4.69, 9.17) is 4.74 Å². The smallest absolute Gasteiger partial charge is 0.307 e. The molecular formula is C17H32NO2. The average Bonchev–Trinajstić information content (AvgIpc) is 2.46. The summed E-state index contributed by atoms with van der Waals surface area (Å²) >= 11 is 0. The van der Waals surface area contributed by atoms with Crippen LogP contribution in [0.25, 0.3) is 0 Å². The van der Waals surface area contributed by atoms with Crippen LogP contribution in [-0.4, -0.2) is 18.7 Å². The highest BCUT2D eigenvalue weighted by Gasteiger charge is 2.17. The molecule has 0 saturated carbocycles. The first-order valence-electron chi connectivity index (χ1n) is 8.69. The van der Waals surface area contributed by atoms with Gasteiger partial charge in [-0.05, 0) is 25.7 Å². The van der Waals surface area contributed by atoms with Crippen molar-refractivity contribution >= 4 is 5.97 Å². The molecule has 0 bridgehead atoms. The molecule has 0 spiro atoms. The molecule has 0 aliphatic carbocycles. The molecule has 3 nitrogen and oxygen atoms in total. The SMILES string of the molecule is CCCCCCCCCCCC(=O)OC1CCCC[N]1. The van der Waals surface area contributed by atoms with Crippen LogP contribution in [0.15, 0.2) is 0 Å². The van der Waals surface area contributed by atoms with Gasteiger partial charge in [0.2, 0.25) is 0 Å². The van der Waals surface area contributed by atoms with Gasteiger partial charge in [-0.25, -0.2) is 5.32 Å². The van der Waals surface area contributed by atoms with Crippen molar-refractivity contribution in [1.82, 2.24) is 5.32 Å². The second kappa shape index (κ2) is 12.2. The van der Waals surface area contributed by atoms with Gasteiger partial charge in [0.05, 0.1) is 0 Å². The molecule has 1 fully saturated rings. The predicted molar refractivity (Wildman–Crippen MR) is 82.6 cm³/mol. The molecule has 0 aromatic rings. The lowest BCUT2D eigenvalue weighted by Gasteiger charge is -2.21. The van der Waals surface area contributed by atoms with Crippen LogP contribution in [0.1, 0.15) is 90.4 Å². The van der Waals surface area contributed by atoms with Crippen molar-refractivity contribution in [3.63, 3.8) is 0 Å². The van der Waals surface area contributed by atoms with Crippen molar-refractivity contribution < 1.29 is 9.53 Å². The number of hydrogen-bond acceptors (Lipinski definition) is 2. The van der Waals surface area contributed by atoms with Crippen LogP contribution >= 0.6 is 0 Å². The Hall–Kier alpha value is -0.570. The Bertz CT molecular complexity index is 237. The first-order chi connectivity index (χ1) is 9.83. The maximum atomic E-state index is 11.6. The molecule has 1 aliphatic heterocycles. The Labute approximate surface area is 124 Å². The van der Waals surface area contributed by atoms with Gasteiger partial charge in [-0.1, -0.05) is 58.3 Å². The van der Waals surface area contributed by atoms with E-state index in [9.17, 15) is 4.79 Å². The summed E-state index contributed by atoms with van der Waals surface area (Å²) in [5.41, 5.74) is 0. The lowest BCUT2D eigenvalue weighted by atomic mass is 10.1. The zero-order chi connectivity index (χ0) is 14.5. The molecule has 0 N–H and O–H groups in total. The third-order valence-corrected chi connectivity index (χ3v) is 3.94. The fourth-order valence-corrected chi connectivity index (χ4v) is 2.64. The predicted octanol–water partition coefficient (Wildman–Crippen LogP) is 4.56. The third-order valence-electron chi connectivity index (χ3n) is 3.94. The summed E-state index contributed by atoms with van der Waals surface area (Å²) in [5, 5.41) is 4.32. The molecule has 117 valence electrons. The molecule has 0 aromatic carbocycles. The van der Waals surface area contributed by atoms with E-state index in [-0.39, 0.29) is 12.2 Å². The van der Waals surface area contributed by atoms with Crippen LogP contribution in [0.3, 0.4) is 0 Å². The highest BCUT2D eigenvalue weighted by Crippen LogP contribution is 2.13. The third kappa shape index (κ3) is 9.35. The monoisotopic (exact) mass is 282 g/mol. The van der Waals surface area contributed by atoms with Crippen molar-refractivity contribution in [3.8, 4) is 0 Å². The van der Waals surface area contributed by atoms with Crippen LogP contribution in [0.2, 0.25) is 0 Å². The van der Waals surface area contributed by atoms with Crippen molar-refractivity contribution in [2.45, 2.75) is 96.6 Å². The second-order valence-corrected chi connectivity index (χ2v) is 5.92. The number of piperidine rings is 1. The van der Waals surface area contributed by atoms with E-state index in [1.54, 1.807) is 0 Å². The van der Waals surface area contributed by atoms with Crippen LogP contribution in [0.4, 0.5) is 0 Å². The lowest BCUT2D eigenvalue weighted by Crippen LogP contribution is -2.32. The summed E-state index contributed by atoms with van der Waals surface area (Å²) in [4.78, 5) is 11.6. The molecule has 1 unspecified atom stereocenters. The Morgan fingerprint density at radius 3 is 2.25 bits per heavy atom. The first-order valence-corrected chi connectivity index (χ1v) is 8.69. The molecule has 0 aromatic heterocycles. The average molecular weight is 282 g/mol. The van der Waals surface area contributed by atoms with E-state index in [2.05, 4.69) is 12.2 Å². The number of carbonyl (C=O) groups excluding carboxylic acids is 1. The molecule has 1 aliphatic rings. The number of unbranched alkanes of at least 4 members (excludes halogenated alkanes) is 8. The van der Waals surface area contributed by atoms with Gasteiger partial charge in [0, 0.05) is 13.0 Å². The molecule has 1 heterocycles. The van der Waals surface area contributed by atoms with Gasteiger partial charge in [-0.3, -0.25) is 4.79 Å². The van der Waals surface area contributed by atoms with Gasteiger partial charge >= 0.3 is 5.97 Å². The molecule has 1 radical (unpaired) electrons. The molecule has 1 saturated heterocycles. The van der Waals surface area contributed by atoms with Crippen LogP contribution in [0, 0.1) is 0 Å². The van der Waals surface area contributed by atoms with Crippen molar-refractivity contribution in [2.24, 2.45) is 0 Å². The minimum atomic E-state index is -0.144. The zero-order valence-corrected chi connectivity index (χ0v) is 13.2. The summed E-state index contributed by atoms with van der Waals surface area (Å²) < 4.78 is 5.36. The summed E-state index contributed by atoms with van der Waals surface area (Å²) in [6.07, 6.45) is 15.1. The van der Waals surface area contributed by atoms with E-state index in [1.165, 1.54) is 44.9 Å². The second-order valence-electron chi connectivity index (χ2n) is 5.92. The fourth-order valence-electron chi connectivity index (χ4n) is 2.64. The summed E-state index contributed by atoms with van der Waals surface area (Å²) in [6.45, 7) is 3.11. The van der Waals surface area contributed by atoms with Gasteiger partial charge in [-0.2, -0.15) is 0 Å². The molecule has 0 amide bonds. The number of ether oxygens (including phenoxy) is 1. The zero-order valence-electron chi connectivity index (χ0n) is 13.2. The summed E-state index contributed by atoms with van der Waals surface area (Å²) in [5.74, 6) is -0.0522. The Morgan fingerprint density at radius 1 is 1.00 bits per heavy atom. The van der Waals surface area contributed by atoms with Crippen molar-refractivity contribution in [2.75, 3.05) is 6.54 Å². The topological polar surface area (TPSA) is 40.4 Å². The van der Waals surface area contributed by atoms with Gasteiger partial charge in [-0.15, -0.1) is 0 Å². The molecule has 20 heavy (non-hydrogen) atoms. The van der Waals surface area contributed by atoms with E-state index < -0.39 is 0 Å². The number of nitrogens with zero attached hydrogens (tertiary/aromatic N) is 1. The Morgan fingerprint density at radius 2 is 1.65 bits per heavy atom. The van der Waals surface area contributed by atoms with Gasteiger partial charge in [0.1, 0.15) is 0 Å². The van der Waals surface area contributed by atoms with Gasteiger partial charge in [0.15, 0.2) is 6.23 Å². The Balaban J connectivity index is 1.84. The van der Waals surface area contributed by atoms with E-state index in [0.29, 0.717) is 6.42 Å². The number of esters is 1. The maximum Gasteiger partial charge on any atom is 0.307 e. The summed E-state index contributed by atoms with van der Waals surface area (Å²) in [6, 6.07) is 0. The highest BCUT2D eigenvalue weighted by molar-refractivity contribution is 5.69. The van der Waals surface area contributed by atoms with Gasteiger partial charge in [0.25, 0.3) is 0 Å². The molecule has 3 heteroatoms. The standard InChI is InChI=1S/C17H32NO2/c1-2-3-4-5-6-7-8-9-10-14-17(19)20-16-13-11-12-15-18-16/h16H,2-15H2,1H3. The minimum Gasteiger partial charge on any atom is -0.445 e. The lowest BCUT2D eigenvalue weighted by molar-refractivity contribution is -0.152. The van der Waals surface area contributed by atoms with Crippen LogP contribution < -0.4 is 5.32 Å². The fraction of sp³-hybridized carbons (Fsp3) is 0.941. The van der Waals surface area contributed by atoms with Crippen molar-refractivity contribution in [3.05, 3.63) is 0 Å². The normalized spacial score (nSPS) is 18.9. The van der Waals surface area contributed by atoms with E-state index >= 15 is 0 Å². The maximum absolute atomic E-state index is 11.6. The number of hydrogen-bond donors (Lipinski definition) is 0. The summed E-state index contributed by atoms with van der Waals surface area (Å²) in [7, 11) is 0. The largest absolute Gasteiger partial charge is 0.445 e. The molecular weight excluding hydrogens is 250 g/mol. The highest BCUT2D eigenvalue weighted by atomic mass is 16.6. The van der Waals surface area contributed by atoms with Crippen LogP contribution in [-0.2, 0) is 9.53 Å². The van der Waals surface area contributed by atoms with E-state index in [1.807, 2.05) is 0 Å². The number of rotatable bonds is 11. The van der Waals surface area contributed by atoms with Crippen LogP contribution in [0.5, 0.6) is 0 Å².